The van der Waals surface area contributed by atoms with Gasteiger partial charge in [-0.25, -0.2) is 4.68 Å². The summed E-state index contributed by atoms with van der Waals surface area (Å²) in [6, 6.07) is 10.7. The Balaban J connectivity index is 1.71. The highest BCUT2D eigenvalue weighted by Crippen LogP contribution is 2.29. The molecule has 1 amide bonds. The topological polar surface area (TPSA) is 72.7 Å². The van der Waals surface area contributed by atoms with Crippen LogP contribution in [0, 0.1) is 0 Å². The van der Waals surface area contributed by atoms with Gasteiger partial charge in [-0.3, -0.25) is 4.79 Å². The van der Waals surface area contributed by atoms with Gasteiger partial charge in [-0.15, -0.1) is 5.10 Å². The van der Waals surface area contributed by atoms with Crippen molar-refractivity contribution in [3.63, 3.8) is 0 Å². The van der Waals surface area contributed by atoms with E-state index in [9.17, 15) is 18.0 Å². The van der Waals surface area contributed by atoms with E-state index in [4.69, 9.17) is 0 Å². The number of aromatic nitrogens is 4. The first kappa shape index (κ1) is 15.7. The van der Waals surface area contributed by atoms with Gasteiger partial charge in [0.25, 0.3) is 5.91 Å². The van der Waals surface area contributed by atoms with Gasteiger partial charge in [0.2, 0.25) is 0 Å². The molecule has 3 aromatic rings. The van der Waals surface area contributed by atoms with E-state index in [1.165, 1.54) is 23.1 Å². The minimum atomic E-state index is -4.41. The Morgan fingerprint density at radius 2 is 1.67 bits per heavy atom. The molecule has 1 aromatic heterocycles. The van der Waals surface area contributed by atoms with Crippen LogP contribution in [-0.4, -0.2) is 26.1 Å². The van der Waals surface area contributed by atoms with Crippen molar-refractivity contribution in [1.29, 1.82) is 0 Å². The maximum atomic E-state index is 12.5. The number of alkyl halides is 3. The number of rotatable bonds is 3. The monoisotopic (exact) mass is 333 g/mol. The van der Waals surface area contributed by atoms with Crippen LogP contribution >= 0.6 is 0 Å². The van der Waals surface area contributed by atoms with Crippen LogP contribution in [-0.2, 0) is 6.18 Å². The van der Waals surface area contributed by atoms with Gasteiger partial charge in [0.05, 0.1) is 11.3 Å². The molecule has 1 N–H and O–H groups in total. The van der Waals surface area contributed by atoms with Gasteiger partial charge in [-0.1, -0.05) is 0 Å². The number of benzene rings is 2. The zero-order valence-electron chi connectivity index (χ0n) is 12.0. The van der Waals surface area contributed by atoms with Crippen LogP contribution in [0.2, 0.25) is 0 Å². The number of anilines is 1. The Bertz CT molecular complexity index is 827. The van der Waals surface area contributed by atoms with Gasteiger partial charge in [-0.2, -0.15) is 13.2 Å². The molecule has 0 aliphatic carbocycles. The van der Waals surface area contributed by atoms with Crippen LogP contribution in [0.1, 0.15) is 15.9 Å². The summed E-state index contributed by atoms with van der Waals surface area (Å²) in [6.45, 7) is 0. The number of carbonyl (C=O) groups is 1. The maximum absolute atomic E-state index is 12.5. The summed E-state index contributed by atoms with van der Waals surface area (Å²) in [7, 11) is 0. The van der Waals surface area contributed by atoms with Crippen LogP contribution in [0.4, 0.5) is 18.9 Å². The summed E-state index contributed by atoms with van der Waals surface area (Å²) < 4.78 is 38.9. The summed E-state index contributed by atoms with van der Waals surface area (Å²) in [6.07, 6.45) is -2.99. The lowest BCUT2D eigenvalue weighted by molar-refractivity contribution is -0.137. The molecule has 0 unspecified atom stereocenters. The van der Waals surface area contributed by atoms with E-state index in [2.05, 4.69) is 20.8 Å². The maximum Gasteiger partial charge on any atom is 0.416 e. The van der Waals surface area contributed by atoms with Crippen molar-refractivity contribution in [2.45, 2.75) is 6.18 Å². The first-order valence-electron chi connectivity index (χ1n) is 6.75. The first-order valence-corrected chi connectivity index (χ1v) is 6.75. The van der Waals surface area contributed by atoms with Crippen LogP contribution in [0.5, 0.6) is 0 Å². The molecule has 6 nitrogen and oxygen atoms in total. The molecule has 9 heteroatoms. The second-order valence-electron chi connectivity index (χ2n) is 4.83. The number of tetrazole rings is 1. The van der Waals surface area contributed by atoms with Crippen molar-refractivity contribution in [2.75, 3.05) is 5.32 Å². The lowest BCUT2D eigenvalue weighted by atomic mass is 10.1. The van der Waals surface area contributed by atoms with E-state index in [1.54, 1.807) is 24.3 Å². The summed E-state index contributed by atoms with van der Waals surface area (Å²) >= 11 is 0. The van der Waals surface area contributed by atoms with Gasteiger partial charge in [0, 0.05) is 11.3 Å². The SMILES string of the molecule is O=C(Nc1ccc(C(F)(F)F)cc1)c1ccc(-n2cnnn2)cc1. The largest absolute Gasteiger partial charge is 0.416 e. The van der Waals surface area contributed by atoms with E-state index in [0.717, 1.165) is 12.1 Å². The van der Waals surface area contributed by atoms with Crippen LogP contribution < -0.4 is 5.32 Å². The fraction of sp³-hybridized carbons (Fsp3) is 0.0667. The fourth-order valence-electron chi connectivity index (χ4n) is 1.99. The molecule has 0 bridgehead atoms. The number of nitrogens with zero attached hydrogens (tertiary/aromatic N) is 4. The van der Waals surface area contributed by atoms with Gasteiger partial charge < -0.3 is 5.32 Å². The van der Waals surface area contributed by atoms with E-state index in [1.807, 2.05) is 0 Å². The third kappa shape index (κ3) is 3.40. The molecule has 2 aromatic carbocycles. The zero-order chi connectivity index (χ0) is 17.2. The molecule has 122 valence electrons. The highest BCUT2D eigenvalue weighted by Gasteiger charge is 2.29. The molecule has 0 atom stereocenters. The number of hydrogen-bond donors (Lipinski definition) is 1. The van der Waals surface area contributed by atoms with Crippen molar-refractivity contribution in [3.05, 3.63) is 66.0 Å². The van der Waals surface area contributed by atoms with Crippen molar-refractivity contribution in [3.8, 4) is 5.69 Å². The average Bonchev–Trinajstić information content (AvgIpc) is 3.09. The molecule has 0 saturated heterocycles. The molecule has 0 spiro atoms. The van der Waals surface area contributed by atoms with Crippen LogP contribution in [0.15, 0.2) is 54.9 Å². The summed E-state index contributed by atoms with van der Waals surface area (Å²) in [4.78, 5) is 12.1. The quantitative estimate of drug-likeness (QED) is 0.800. The van der Waals surface area contributed by atoms with Crippen molar-refractivity contribution in [2.24, 2.45) is 0 Å². The summed E-state index contributed by atoms with van der Waals surface area (Å²) in [5.41, 5.74) is 0.529. The van der Waals surface area contributed by atoms with Crippen molar-refractivity contribution >= 4 is 11.6 Å². The normalized spacial score (nSPS) is 11.3. The van der Waals surface area contributed by atoms with E-state index in [-0.39, 0.29) is 5.69 Å². The van der Waals surface area contributed by atoms with E-state index >= 15 is 0 Å². The molecular formula is C15H10F3N5O. The number of halogens is 3. The van der Waals surface area contributed by atoms with E-state index < -0.39 is 17.6 Å². The molecule has 0 aliphatic heterocycles. The molecule has 0 aliphatic rings. The number of amides is 1. The zero-order valence-corrected chi connectivity index (χ0v) is 12.0. The Labute approximate surface area is 133 Å². The van der Waals surface area contributed by atoms with E-state index in [0.29, 0.717) is 11.3 Å². The lowest BCUT2D eigenvalue weighted by Gasteiger charge is -2.09. The van der Waals surface area contributed by atoms with Gasteiger partial charge in [0.15, 0.2) is 0 Å². The average molecular weight is 333 g/mol. The molecule has 24 heavy (non-hydrogen) atoms. The van der Waals surface area contributed by atoms with Gasteiger partial charge in [0.1, 0.15) is 6.33 Å². The van der Waals surface area contributed by atoms with Crippen LogP contribution in [0.25, 0.3) is 5.69 Å². The minimum Gasteiger partial charge on any atom is -0.322 e. The predicted octanol–water partition coefficient (Wildman–Crippen LogP) is 2.93. The Morgan fingerprint density at radius 1 is 1.00 bits per heavy atom. The smallest absolute Gasteiger partial charge is 0.322 e. The van der Waals surface area contributed by atoms with Gasteiger partial charge in [-0.05, 0) is 59.0 Å². The molecule has 0 saturated carbocycles. The Kier molecular flexibility index (Phi) is 3.98. The Hall–Kier alpha value is -3.23. The second-order valence-corrected chi connectivity index (χ2v) is 4.83. The third-order valence-electron chi connectivity index (χ3n) is 3.21. The first-order chi connectivity index (χ1) is 11.4. The van der Waals surface area contributed by atoms with Gasteiger partial charge >= 0.3 is 6.18 Å². The number of nitrogens with one attached hydrogen (secondary N) is 1. The number of carbonyl (C=O) groups excluding carboxylic acids is 1. The lowest BCUT2D eigenvalue weighted by Crippen LogP contribution is -2.12. The summed E-state index contributed by atoms with van der Waals surface area (Å²) in [5, 5.41) is 13.3. The van der Waals surface area contributed by atoms with Crippen molar-refractivity contribution < 1.29 is 18.0 Å². The highest BCUT2D eigenvalue weighted by molar-refractivity contribution is 6.04. The van der Waals surface area contributed by atoms with Crippen molar-refractivity contribution in [1.82, 2.24) is 20.2 Å². The molecule has 3 rings (SSSR count). The van der Waals surface area contributed by atoms with Crippen LogP contribution in [0.3, 0.4) is 0 Å². The molecule has 0 fully saturated rings. The molecular weight excluding hydrogens is 323 g/mol. The minimum absolute atomic E-state index is 0.276. The fourth-order valence-corrected chi connectivity index (χ4v) is 1.99. The highest BCUT2D eigenvalue weighted by atomic mass is 19.4. The molecule has 1 heterocycles. The predicted molar refractivity (Wildman–Crippen MR) is 78.6 cm³/mol. The summed E-state index contributed by atoms with van der Waals surface area (Å²) in [5.74, 6) is -0.432. The second kappa shape index (κ2) is 6.11. The Morgan fingerprint density at radius 3 is 2.21 bits per heavy atom. The standard InChI is InChI=1S/C15H10F3N5O/c16-15(17,18)11-3-5-12(6-4-11)20-14(24)10-1-7-13(8-2-10)23-9-19-21-22-23/h1-9H,(H,20,24). The molecule has 0 radical (unpaired) electrons. The third-order valence-corrected chi connectivity index (χ3v) is 3.21. The number of hydrogen-bond acceptors (Lipinski definition) is 4.